The third-order valence-corrected chi connectivity index (χ3v) is 5.32. The van der Waals surface area contributed by atoms with Crippen molar-refractivity contribution in [3.05, 3.63) is 35.4 Å². The number of carbonyl (C=O) groups is 2. The van der Waals surface area contributed by atoms with Crippen molar-refractivity contribution in [2.45, 2.75) is 45.1 Å². The first-order chi connectivity index (χ1) is 12.1. The molecule has 1 unspecified atom stereocenters. The minimum Gasteiger partial charge on any atom is -0.354 e. The van der Waals surface area contributed by atoms with Crippen molar-refractivity contribution in [1.29, 1.82) is 0 Å². The summed E-state index contributed by atoms with van der Waals surface area (Å²) < 4.78 is 0. The van der Waals surface area contributed by atoms with Gasteiger partial charge in [-0.1, -0.05) is 29.8 Å². The third-order valence-electron chi connectivity index (χ3n) is 5.32. The molecular weight excluding hydrogens is 314 g/mol. The molecule has 3 rings (SSSR count). The van der Waals surface area contributed by atoms with Crippen molar-refractivity contribution in [2.24, 2.45) is 0 Å². The lowest BCUT2D eigenvalue weighted by Crippen LogP contribution is -2.38. The smallest absolute Gasteiger partial charge is 0.222 e. The Bertz CT molecular complexity index is 593. The second kappa shape index (κ2) is 8.48. The number of likely N-dealkylation sites (tertiary alicyclic amines) is 2. The second-order valence-corrected chi connectivity index (χ2v) is 7.21. The van der Waals surface area contributed by atoms with Crippen LogP contribution in [0.2, 0.25) is 0 Å². The molecule has 0 aromatic heterocycles. The molecule has 0 radical (unpaired) electrons. The summed E-state index contributed by atoms with van der Waals surface area (Å²) in [5.41, 5.74) is 2.52. The molecule has 2 aliphatic rings. The fourth-order valence-electron chi connectivity index (χ4n) is 3.78. The van der Waals surface area contributed by atoms with Crippen molar-refractivity contribution >= 4 is 11.8 Å². The van der Waals surface area contributed by atoms with Gasteiger partial charge in [0.2, 0.25) is 11.8 Å². The van der Waals surface area contributed by atoms with Gasteiger partial charge in [-0.3, -0.25) is 14.5 Å². The number of carbonyl (C=O) groups excluding carboxylic acids is 2. The first-order valence-electron chi connectivity index (χ1n) is 9.48. The monoisotopic (exact) mass is 343 g/mol. The minimum absolute atomic E-state index is 0.0380. The van der Waals surface area contributed by atoms with E-state index in [-0.39, 0.29) is 17.9 Å². The molecule has 1 atom stereocenters. The van der Waals surface area contributed by atoms with Crippen LogP contribution in [0.1, 0.15) is 49.3 Å². The zero-order valence-corrected chi connectivity index (χ0v) is 15.2. The zero-order valence-electron chi connectivity index (χ0n) is 15.2. The lowest BCUT2D eigenvalue weighted by molar-refractivity contribution is -0.128. The SMILES string of the molecule is Cc1ccc(C(CNC(=O)CCN2CCCC2=O)N2CCCC2)cc1. The summed E-state index contributed by atoms with van der Waals surface area (Å²) in [6, 6.07) is 8.86. The van der Waals surface area contributed by atoms with E-state index in [2.05, 4.69) is 41.4 Å². The molecular formula is C20H29N3O2. The van der Waals surface area contributed by atoms with Gasteiger partial charge in [-0.2, -0.15) is 0 Å². The van der Waals surface area contributed by atoms with E-state index >= 15 is 0 Å². The molecule has 5 nitrogen and oxygen atoms in total. The number of hydrogen-bond donors (Lipinski definition) is 1. The van der Waals surface area contributed by atoms with E-state index in [0.717, 1.165) is 26.1 Å². The maximum atomic E-state index is 12.2. The van der Waals surface area contributed by atoms with Gasteiger partial charge in [0.15, 0.2) is 0 Å². The first kappa shape index (κ1) is 17.9. The van der Waals surface area contributed by atoms with Crippen LogP contribution in [-0.4, -0.2) is 54.3 Å². The number of hydrogen-bond acceptors (Lipinski definition) is 3. The summed E-state index contributed by atoms with van der Waals surface area (Å²) in [5.74, 6) is 0.221. The predicted molar refractivity (Wildman–Crippen MR) is 98.2 cm³/mol. The highest BCUT2D eigenvalue weighted by atomic mass is 16.2. The molecule has 25 heavy (non-hydrogen) atoms. The molecule has 2 heterocycles. The summed E-state index contributed by atoms with van der Waals surface area (Å²) in [5, 5.41) is 3.09. The molecule has 136 valence electrons. The third kappa shape index (κ3) is 4.82. The number of benzene rings is 1. The zero-order chi connectivity index (χ0) is 17.6. The standard InChI is InChI=1S/C20H29N3O2/c1-16-6-8-17(9-7-16)18(22-11-2-3-12-22)15-21-19(24)10-14-23-13-4-5-20(23)25/h6-9,18H,2-5,10-15H2,1H3,(H,21,24). The summed E-state index contributed by atoms with van der Waals surface area (Å²) in [7, 11) is 0. The van der Waals surface area contributed by atoms with E-state index < -0.39 is 0 Å². The Morgan fingerprint density at radius 3 is 2.48 bits per heavy atom. The lowest BCUT2D eigenvalue weighted by atomic mass is 10.0. The highest BCUT2D eigenvalue weighted by Crippen LogP contribution is 2.25. The molecule has 5 heteroatoms. The van der Waals surface area contributed by atoms with Crippen molar-refractivity contribution in [2.75, 3.05) is 32.7 Å². The summed E-state index contributed by atoms with van der Waals surface area (Å²) in [6.45, 7) is 6.26. The first-order valence-corrected chi connectivity index (χ1v) is 9.48. The number of nitrogens with zero attached hydrogens (tertiary/aromatic N) is 2. The summed E-state index contributed by atoms with van der Waals surface area (Å²) >= 11 is 0. The van der Waals surface area contributed by atoms with Crippen LogP contribution in [0.4, 0.5) is 0 Å². The van der Waals surface area contributed by atoms with E-state index in [1.165, 1.54) is 24.0 Å². The van der Waals surface area contributed by atoms with E-state index in [0.29, 0.717) is 25.9 Å². The Labute approximate surface area is 150 Å². The van der Waals surface area contributed by atoms with E-state index in [4.69, 9.17) is 0 Å². The molecule has 0 bridgehead atoms. The molecule has 1 aromatic carbocycles. The van der Waals surface area contributed by atoms with Gasteiger partial charge in [0.1, 0.15) is 0 Å². The van der Waals surface area contributed by atoms with Crippen molar-refractivity contribution in [1.82, 2.24) is 15.1 Å². The highest BCUT2D eigenvalue weighted by Gasteiger charge is 2.24. The molecule has 1 N–H and O–H groups in total. The normalized spacial score (nSPS) is 19.4. The topological polar surface area (TPSA) is 52.7 Å². The van der Waals surface area contributed by atoms with E-state index in [1.54, 1.807) is 4.90 Å². The molecule has 0 saturated carbocycles. The highest BCUT2D eigenvalue weighted by molar-refractivity contribution is 5.80. The Balaban J connectivity index is 1.53. The number of aryl methyl sites for hydroxylation is 1. The van der Waals surface area contributed by atoms with Crippen LogP contribution in [0.25, 0.3) is 0 Å². The van der Waals surface area contributed by atoms with Gasteiger partial charge in [-0.25, -0.2) is 0 Å². The van der Waals surface area contributed by atoms with Crippen molar-refractivity contribution in [3.63, 3.8) is 0 Å². The van der Waals surface area contributed by atoms with Crippen LogP contribution < -0.4 is 5.32 Å². The van der Waals surface area contributed by atoms with Crippen molar-refractivity contribution in [3.8, 4) is 0 Å². The lowest BCUT2D eigenvalue weighted by Gasteiger charge is -2.28. The Morgan fingerprint density at radius 1 is 1.12 bits per heavy atom. The van der Waals surface area contributed by atoms with Crippen LogP contribution in [0.15, 0.2) is 24.3 Å². The molecule has 0 spiro atoms. The maximum Gasteiger partial charge on any atom is 0.222 e. The average molecular weight is 343 g/mol. The number of rotatable bonds is 7. The van der Waals surface area contributed by atoms with Gasteiger partial charge in [0.05, 0.1) is 6.04 Å². The number of amides is 2. The minimum atomic E-state index is 0.0380. The summed E-state index contributed by atoms with van der Waals surface area (Å²) in [4.78, 5) is 28.1. The molecule has 2 saturated heterocycles. The van der Waals surface area contributed by atoms with E-state index in [1.807, 2.05) is 0 Å². The Kier molecular flexibility index (Phi) is 6.08. The van der Waals surface area contributed by atoms with Crippen molar-refractivity contribution < 1.29 is 9.59 Å². The quantitative estimate of drug-likeness (QED) is 0.826. The van der Waals surface area contributed by atoms with Gasteiger partial charge in [-0.05, 0) is 44.8 Å². The number of nitrogens with one attached hydrogen (secondary N) is 1. The van der Waals surface area contributed by atoms with Crippen LogP contribution in [-0.2, 0) is 9.59 Å². The van der Waals surface area contributed by atoms with Gasteiger partial charge >= 0.3 is 0 Å². The van der Waals surface area contributed by atoms with Crippen LogP contribution in [0, 0.1) is 6.92 Å². The molecule has 2 fully saturated rings. The van der Waals surface area contributed by atoms with Gasteiger partial charge in [0.25, 0.3) is 0 Å². The summed E-state index contributed by atoms with van der Waals surface area (Å²) in [6.07, 6.45) is 4.41. The average Bonchev–Trinajstić information content (AvgIpc) is 3.27. The van der Waals surface area contributed by atoms with Crippen LogP contribution >= 0.6 is 0 Å². The molecule has 1 aromatic rings. The predicted octanol–water partition coefficient (Wildman–Crippen LogP) is 2.26. The largest absolute Gasteiger partial charge is 0.354 e. The van der Waals surface area contributed by atoms with Crippen LogP contribution in [0.3, 0.4) is 0 Å². The molecule has 0 aliphatic carbocycles. The Morgan fingerprint density at radius 2 is 1.84 bits per heavy atom. The Hall–Kier alpha value is -1.88. The van der Waals surface area contributed by atoms with Gasteiger partial charge in [-0.15, -0.1) is 0 Å². The van der Waals surface area contributed by atoms with E-state index in [9.17, 15) is 9.59 Å². The maximum absolute atomic E-state index is 12.2. The molecule has 2 aliphatic heterocycles. The van der Waals surface area contributed by atoms with Crippen LogP contribution in [0.5, 0.6) is 0 Å². The second-order valence-electron chi connectivity index (χ2n) is 7.21. The van der Waals surface area contributed by atoms with Gasteiger partial charge in [0, 0.05) is 32.5 Å². The van der Waals surface area contributed by atoms with Gasteiger partial charge < -0.3 is 10.2 Å². The molecule has 2 amide bonds. The fourth-order valence-corrected chi connectivity index (χ4v) is 3.78. The fraction of sp³-hybridized carbons (Fsp3) is 0.600.